The molecule has 1 aromatic heterocycles. The van der Waals surface area contributed by atoms with Gasteiger partial charge in [0.05, 0.1) is 11.2 Å². The Kier molecular flexibility index (Phi) is 4.71. The molecule has 2 rings (SSSR count). The summed E-state index contributed by atoms with van der Waals surface area (Å²) in [6.45, 7) is 8.76. The van der Waals surface area contributed by atoms with E-state index in [1.54, 1.807) is 33.8 Å². The number of furan rings is 1. The van der Waals surface area contributed by atoms with Crippen molar-refractivity contribution >= 4 is 18.7 Å². The van der Waals surface area contributed by atoms with Gasteiger partial charge in [0.15, 0.2) is 5.88 Å². The summed E-state index contributed by atoms with van der Waals surface area (Å²) >= 11 is 0. The fraction of sp³-hybridized carbons (Fsp3) is 0.733. The third-order valence-electron chi connectivity index (χ3n) is 4.40. The monoisotopic (exact) mass is 295 g/mol. The lowest BCUT2D eigenvalue weighted by molar-refractivity contribution is -0.0986. The molecule has 5 nitrogen and oxygen atoms in total. The van der Waals surface area contributed by atoms with Crippen LogP contribution in [0.4, 0.5) is 5.88 Å². The molecule has 2 N–H and O–H groups in total. The molecule has 0 atom stereocenters. The van der Waals surface area contributed by atoms with Gasteiger partial charge in [-0.25, -0.2) is 0 Å². The highest BCUT2D eigenvalue weighted by Gasteiger charge is 2.40. The summed E-state index contributed by atoms with van der Waals surface area (Å²) in [5, 5.41) is 20.3. The van der Waals surface area contributed by atoms with Crippen LogP contribution in [0.25, 0.3) is 0 Å². The first-order chi connectivity index (χ1) is 9.71. The van der Waals surface area contributed by atoms with E-state index in [9.17, 15) is 10.1 Å². The first-order valence-electron chi connectivity index (χ1n) is 7.64. The minimum absolute atomic E-state index is 0.368. The van der Waals surface area contributed by atoms with Crippen molar-refractivity contribution in [2.45, 2.75) is 58.2 Å². The van der Waals surface area contributed by atoms with Gasteiger partial charge in [-0.1, -0.05) is 0 Å². The average molecular weight is 295 g/mol. The number of nitrogens with zero attached hydrogens (tertiary/aromatic N) is 1. The van der Waals surface area contributed by atoms with Crippen LogP contribution in [0.2, 0.25) is 0 Å². The molecule has 0 amide bonds. The number of aliphatic hydroxyl groups is 1. The molecule has 0 aromatic carbocycles. The lowest BCUT2D eigenvalue weighted by atomic mass is 9.81. The summed E-state index contributed by atoms with van der Waals surface area (Å²) in [5.74, 6) is 0.772. The SMILES string of the molecule is CC(C)(O)C(C)(C)OB(O)c1ccc(N2CCCCC2)o1. The summed E-state index contributed by atoms with van der Waals surface area (Å²) in [5.41, 5.74) is -1.60. The molecule has 118 valence electrons. The van der Waals surface area contributed by atoms with Crippen LogP contribution in [0.1, 0.15) is 47.0 Å². The van der Waals surface area contributed by atoms with Gasteiger partial charge in [0.2, 0.25) is 0 Å². The van der Waals surface area contributed by atoms with Gasteiger partial charge in [0.1, 0.15) is 5.66 Å². The second-order valence-electron chi connectivity index (χ2n) is 6.76. The normalized spacial score (nSPS) is 17.1. The van der Waals surface area contributed by atoms with Gasteiger partial charge in [0, 0.05) is 19.2 Å². The van der Waals surface area contributed by atoms with E-state index in [0.29, 0.717) is 5.66 Å². The van der Waals surface area contributed by atoms with Crippen LogP contribution in [0, 0.1) is 0 Å². The van der Waals surface area contributed by atoms with Crippen LogP contribution in [0.15, 0.2) is 16.5 Å². The Bertz CT molecular complexity index is 460. The Hall–Kier alpha value is -0.975. The van der Waals surface area contributed by atoms with Crippen molar-refractivity contribution in [2.75, 3.05) is 18.0 Å². The Morgan fingerprint density at radius 1 is 1.14 bits per heavy atom. The second kappa shape index (κ2) is 6.03. The van der Waals surface area contributed by atoms with Crippen LogP contribution in [0.5, 0.6) is 0 Å². The van der Waals surface area contributed by atoms with Gasteiger partial charge in [-0.15, -0.1) is 0 Å². The molecule has 0 unspecified atom stereocenters. The molecule has 0 bridgehead atoms. The number of hydrogen-bond donors (Lipinski definition) is 2. The Balaban J connectivity index is 2.03. The molecule has 0 aliphatic carbocycles. The largest absolute Gasteiger partial charge is 0.529 e. The molecule has 1 aliphatic rings. The van der Waals surface area contributed by atoms with Crippen molar-refractivity contribution in [3.05, 3.63) is 12.1 Å². The minimum atomic E-state index is -1.19. The van der Waals surface area contributed by atoms with E-state index in [0.717, 1.165) is 19.0 Å². The van der Waals surface area contributed by atoms with E-state index in [1.807, 2.05) is 6.07 Å². The molecule has 0 radical (unpaired) electrons. The molecule has 21 heavy (non-hydrogen) atoms. The maximum Gasteiger partial charge on any atom is 0.529 e. The van der Waals surface area contributed by atoms with Crippen molar-refractivity contribution in [1.29, 1.82) is 0 Å². The van der Waals surface area contributed by atoms with Crippen LogP contribution in [0.3, 0.4) is 0 Å². The predicted octanol–water partition coefficient (Wildman–Crippen LogP) is 1.52. The molecule has 1 saturated heterocycles. The first kappa shape index (κ1) is 16.4. The molecule has 0 saturated carbocycles. The van der Waals surface area contributed by atoms with Gasteiger partial charge >= 0.3 is 7.12 Å². The third-order valence-corrected chi connectivity index (χ3v) is 4.40. The quantitative estimate of drug-likeness (QED) is 0.806. The van der Waals surface area contributed by atoms with Gasteiger partial charge in [-0.05, 0) is 53.0 Å². The molecule has 1 aliphatic heterocycles. The molecule has 0 spiro atoms. The maximum absolute atomic E-state index is 10.2. The maximum atomic E-state index is 10.2. The van der Waals surface area contributed by atoms with E-state index < -0.39 is 18.3 Å². The molecule has 6 heteroatoms. The Morgan fingerprint density at radius 2 is 1.76 bits per heavy atom. The van der Waals surface area contributed by atoms with Crippen molar-refractivity contribution in [1.82, 2.24) is 0 Å². The van der Waals surface area contributed by atoms with Crippen LogP contribution in [-0.2, 0) is 4.65 Å². The molecule has 1 aromatic rings. The summed E-state index contributed by atoms with van der Waals surface area (Å²) in [6, 6.07) is 3.60. The van der Waals surface area contributed by atoms with Gasteiger partial charge in [-0.3, -0.25) is 0 Å². The molecular formula is C15H26BNO4. The van der Waals surface area contributed by atoms with Crippen molar-refractivity contribution in [3.8, 4) is 0 Å². The van der Waals surface area contributed by atoms with Crippen molar-refractivity contribution in [3.63, 3.8) is 0 Å². The fourth-order valence-electron chi connectivity index (χ4n) is 2.24. The second-order valence-corrected chi connectivity index (χ2v) is 6.76. The van der Waals surface area contributed by atoms with Crippen molar-refractivity contribution < 1.29 is 19.2 Å². The van der Waals surface area contributed by atoms with E-state index in [-0.39, 0.29) is 0 Å². The zero-order valence-electron chi connectivity index (χ0n) is 13.4. The number of piperidine rings is 1. The molecule has 1 fully saturated rings. The lowest BCUT2D eigenvalue weighted by Gasteiger charge is -2.38. The lowest BCUT2D eigenvalue weighted by Crippen LogP contribution is -2.53. The fourth-order valence-corrected chi connectivity index (χ4v) is 2.24. The number of rotatable bonds is 5. The van der Waals surface area contributed by atoms with Gasteiger partial charge in [0.25, 0.3) is 0 Å². The average Bonchev–Trinajstić information content (AvgIpc) is 2.87. The highest BCUT2D eigenvalue weighted by molar-refractivity contribution is 6.58. The zero-order chi connectivity index (χ0) is 15.7. The Morgan fingerprint density at radius 3 is 2.33 bits per heavy atom. The third kappa shape index (κ3) is 3.81. The van der Waals surface area contributed by atoms with Crippen molar-refractivity contribution in [2.24, 2.45) is 0 Å². The van der Waals surface area contributed by atoms with E-state index in [1.165, 1.54) is 19.3 Å². The standard InChI is InChI=1S/C15H26BNO4/c1-14(2,18)15(3,4)21-16(19)12-8-9-13(20-12)17-10-6-5-7-11-17/h8-9,18-19H,5-7,10-11H2,1-4H3. The molecular weight excluding hydrogens is 269 g/mol. The number of hydrogen-bond acceptors (Lipinski definition) is 5. The summed E-state index contributed by atoms with van der Waals surface area (Å²) in [4.78, 5) is 2.18. The van der Waals surface area contributed by atoms with Crippen LogP contribution < -0.4 is 10.6 Å². The first-order valence-corrected chi connectivity index (χ1v) is 7.64. The summed E-state index contributed by atoms with van der Waals surface area (Å²) in [6.07, 6.45) is 3.59. The highest BCUT2D eigenvalue weighted by atomic mass is 16.6. The Labute approximate surface area is 127 Å². The highest BCUT2D eigenvalue weighted by Crippen LogP contribution is 2.26. The number of anilines is 1. The topological polar surface area (TPSA) is 66.1 Å². The predicted molar refractivity (Wildman–Crippen MR) is 83.8 cm³/mol. The van der Waals surface area contributed by atoms with Crippen LogP contribution >= 0.6 is 0 Å². The minimum Gasteiger partial charge on any atom is -0.449 e. The smallest absolute Gasteiger partial charge is 0.449 e. The van der Waals surface area contributed by atoms with Gasteiger partial charge in [-0.2, -0.15) is 0 Å². The molecule has 2 heterocycles. The summed E-state index contributed by atoms with van der Waals surface area (Å²) < 4.78 is 11.3. The summed E-state index contributed by atoms with van der Waals surface area (Å²) in [7, 11) is -1.19. The van der Waals surface area contributed by atoms with Gasteiger partial charge < -0.3 is 24.1 Å². The van der Waals surface area contributed by atoms with Crippen LogP contribution in [-0.4, -0.2) is 41.5 Å². The van der Waals surface area contributed by atoms with E-state index >= 15 is 0 Å². The van der Waals surface area contributed by atoms with E-state index in [4.69, 9.17) is 9.07 Å². The zero-order valence-corrected chi connectivity index (χ0v) is 13.4. The van der Waals surface area contributed by atoms with E-state index in [2.05, 4.69) is 4.90 Å².